The number of nitrogens with zero attached hydrogens (tertiary/aromatic N) is 2. The van der Waals surface area contributed by atoms with Crippen molar-refractivity contribution in [2.24, 2.45) is 5.92 Å². The Morgan fingerprint density at radius 2 is 2.20 bits per heavy atom. The number of nitrogens with one attached hydrogen (secondary N) is 1. The second-order valence-electron chi connectivity index (χ2n) is 7.23. The number of imidazole rings is 1. The summed E-state index contributed by atoms with van der Waals surface area (Å²) < 4.78 is 7.58. The largest absolute Gasteiger partial charge is 0.458 e. The number of amides is 1. The summed E-state index contributed by atoms with van der Waals surface area (Å²) in [6, 6.07) is 3.99. The molecule has 1 N–H and O–H groups in total. The Bertz CT molecular complexity index is 820. The van der Waals surface area contributed by atoms with E-state index in [-0.39, 0.29) is 24.2 Å². The Morgan fingerprint density at radius 3 is 2.96 bits per heavy atom. The summed E-state index contributed by atoms with van der Waals surface area (Å²) in [6.07, 6.45) is 8.83. The maximum atomic E-state index is 12.7. The van der Waals surface area contributed by atoms with Crippen LogP contribution in [0.4, 0.5) is 0 Å². The van der Waals surface area contributed by atoms with E-state index >= 15 is 0 Å². The third-order valence-corrected chi connectivity index (χ3v) is 5.51. The highest BCUT2D eigenvalue weighted by Crippen LogP contribution is 2.44. The number of esters is 1. The minimum Gasteiger partial charge on any atom is -0.458 e. The Labute approximate surface area is 146 Å². The highest BCUT2D eigenvalue weighted by Gasteiger charge is 2.52. The zero-order valence-corrected chi connectivity index (χ0v) is 14.5. The molecular formula is C19H23N3O3. The van der Waals surface area contributed by atoms with Gasteiger partial charge in [-0.1, -0.05) is 12.5 Å². The number of fused-ring (bicyclic) bond motifs is 1. The molecule has 1 atom stereocenters. The summed E-state index contributed by atoms with van der Waals surface area (Å²) in [6.45, 7) is 2.37. The van der Waals surface area contributed by atoms with Gasteiger partial charge in [0.25, 0.3) is 0 Å². The number of rotatable bonds is 3. The molecule has 4 rings (SSSR count). The number of hydrogen-bond donors (Lipinski definition) is 1. The molecule has 1 saturated carbocycles. The molecule has 2 fully saturated rings. The molecule has 1 spiro atoms. The van der Waals surface area contributed by atoms with Gasteiger partial charge in [-0.05, 0) is 44.2 Å². The smallest absolute Gasteiger partial charge is 0.307 e. The van der Waals surface area contributed by atoms with Gasteiger partial charge in [0.1, 0.15) is 11.2 Å². The fourth-order valence-electron chi connectivity index (χ4n) is 4.21. The van der Waals surface area contributed by atoms with Crippen LogP contribution in [0.1, 0.15) is 49.8 Å². The molecular weight excluding hydrogens is 318 g/mol. The quantitative estimate of drug-likeness (QED) is 0.871. The highest BCUT2D eigenvalue weighted by molar-refractivity contribution is 5.87. The lowest BCUT2D eigenvalue weighted by atomic mass is 9.75. The number of pyridine rings is 1. The first-order valence-corrected chi connectivity index (χ1v) is 9.00. The molecule has 3 heterocycles. The zero-order valence-electron chi connectivity index (χ0n) is 14.5. The number of aryl methyl sites for hydroxylation is 1. The number of aromatic nitrogens is 2. The van der Waals surface area contributed by atoms with Gasteiger partial charge in [0.05, 0.1) is 24.6 Å². The van der Waals surface area contributed by atoms with Crippen molar-refractivity contribution in [3.05, 3.63) is 35.8 Å². The maximum absolute atomic E-state index is 12.7. The molecule has 6 heteroatoms. The molecule has 2 aliphatic rings. The van der Waals surface area contributed by atoms with Gasteiger partial charge in [0.15, 0.2) is 0 Å². The minimum atomic E-state index is -0.574. The van der Waals surface area contributed by atoms with Crippen molar-refractivity contribution < 1.29 is 14.3 Å². The van der Waals surface area contributed by atoms with E-state index in [2.05, 4.69) is 10.3 Å². The topological polar surface area (TPSA) is 72.7 Å². The van der Waals surface area contributed by atoms with E-state index in [0.29, 0.717) is 6.54 Å². The molecule has 6 nitrogen and oxygen atoms in total. The summed E-state index contributed by atoms with van der Waals surface area (Å²) in [5.74, 6) is -0.717. The van der Waals surface area contributed by atoms with E-state index in [1.165, 1.54) is 0 Å². The first-order valence-electron chi connectivity index (χ1n) is 9.00. The number of hydrogen-bond acceptors (Lipinski definition) is 4. The third-order valence-electron chi connectivity index (χ3n) is 5.51. The van der Waals surface area contributed by atoms with Gasteiger partial charge in [-0.25, -0.2) is 4.98 Å². The van der Waals surface area contributed by atoms with E-state index in [1.807, 2.05) is 35.9 Å². The van der Waals surface area contributed by atoms with Crippen molar-refractivity contribution in [1.29, 1.82) is 0 Å². The predicted octanol–water partition coefficient (Wildman–Crippen LogP) is 2.52. The summed E-state index contributed by atoms with van der Waals surface area (Å²) in [7, 11) is 0. The van der Waals surface area contributed by atoms with Crippen LogP contribution >= 0.6 is 0 Å². The fourth-order valence-corrected chi connectivity index (χ4v) is 4.21. The number of carbonyl (C=O) groups excluding carboxylic acids is 2. The molecule has 0 aromatic carbocycles. The molecule has 1 saturated heterocycles. The van der Waals surface area contributed by atoms with Crippen molar-refractivity contribution in [3.8, 4) is 0 Å². The van der Waals surface area contributed by atoms with Crippen molar-refractivity contribution >= 4 is 17.5 Å². The van der Waals surface area contributed by atoms with Crippen LogP contribution in [0.3, 0.4) is 0 Å². The van der Waals surface area contributed by atoms with Gasteiger partial charge < -0.3 is 14.5 Å². The van der Waals surface area contributed by atoms with Gasteiger partial charge in [-0.15, -0.1) is 0 Å². The maximum Gasteiger partial charge on any atom is 0.307 e. The Kier molecular flexibility index (Phi) is 3.98. The van der Waals surface area contributed by atoms with Crippen LogP contribution in [-0.2, 0) is 20.9 Å². The van der Waals surface area contributed by atoms with E-state index < -0.39 is 5.60 Å². The molecule has 0 radical (unpaired) electrons. The van der Waals surface area contributed by atoms with Gasteiger partial charge in [-0.2, -0.15) is 0 Å². The SMILES string of the molecule is Cc1cccn2cc(CNC(=O)[C@H]3CC(=O)OC34CCCCC4)nc12. The van der Waals surface area contributed by atoms with Crippen molar-refractivity contribution in [2.75, 3.05) is 0 Å². The van der Waals surface area contributed by atoms with Crippen LogP contribution < -0.4 is 5.32 Å². The Morgan fingerprint density at radius 1 is 1.40 bits per heavy atom. The monoisotopic (exact) mass is 341 g/mol. The number of ether oxygens (including phenoxy) is 1. The standard InChI is InChI=1S/C19H23N3O3/c1-13-6-5-9-22-12-14(21-17(13)22)11-20-18(24)15-10-16(23)25-19(15)7-3-2-4-8-19/h5-6,9,12,15H,2-4,7-8,10-11H2,1H3,(H,20,24)/t15-/m1/s1. The van der Waals surface area contributed by atoms with E-state index in [4.69, 9.17) is 4.74 Å². The molecule has 2 aromatic rings. The van der Waals surface area contributed by atoms with Gasteiger partial charge >= 0.3 is 5.97 Å². The molecule has 25 heavy (non-hydrogen) atoms. The van der Waals surface area contributed by atoms with Gasteiger partial charge in [-0.3, -0.25) is 9.59 Å². The van der Waals surface area contributed by atoms with Crippen LogP contribution in [0.25, 0.3) is 5.65 Å². The first-order chi connectivity index (χ1) is 12.1. The summed E-state index contributed by atoms with van der Waals surface area (Å²) in [5.41, 5.74) is 2.23. The van der Waals surface area contributed by atoms with Crippen LogP contribution in [0.2, 0.25) is 0 Å². The van der Waals surface area contributed by atoms with Crippen molar-refractivity contribution in [3.63, 3.8) is 0 Å². The lowest BCUT2D eigenvalue weighted by Gasteiger charge is -2.35. The minimum absolute atomic E-state index is 0.0958. The third kappa shape index (κ3) is 2.90. The lowest BCUT2D eigenvalue weighted by molar-refractivity contribution is -0.153. The summed E-state index contributed by atoms with van der Waals surface area (Å²) >= 11 is 0. The van der Waals surface area contributed by atoms with Crippen LogP contribution in [0, 0.1) is 12.8 Å². The molecule has 132 valence electrons. The zero-order chi connectivity index (χ0) is 17.4. The highest BCUT2D eigenvalue weighted by atomic mass is 16.6. The lowest BCUT2D eigenvalue weighted by Crippen LogP contribution is -2.45. The normalized spacial score (nSPS) is 22.3. The summed E-state index contributed by atoms with van der Waals surface area (Å²) in [4.78, 5) is 29.2. The van der Waals surface area contributed by atoms with E-state index in [9.17, 15) is 9.59 Å². The number of carbonyl (C=O) groups is 2. The molecule has 1 aliphatic carbocycles. The molecule has 2 aromatic heterocycles. The second-order valence-corrected chi connectivity index (χ2v) is 7.23. The van der Waals surface area contributed by atoms with Gasteiger partial charge in [0, 0.05) is 12.4 Å². The Balaban J connectivity index is 1.47. The van der Waals surface area contributed by atoms with E-state index in [1.54, 1.807) is 0 Å². The second kappa shape index (κ2) is 6.17. The van der Waals surface area contributed by atoms with Crippen LogP contribution in [-0.4, -0.2) is 26.9 Å². The average Bonchev–Trinajstić information content (AvgIpc) is 3.15. The van der Waals surface area contributed by atoms with Crippen molar-refractivity contribution in [1.82, 2.24) is 14.7 Å². The summed E-state index contributed by atoms with van der Waals surface area (Å²) in [5, 5.41) is 2.97. The average molecular weight is 341 g/mol. The molecule has 1 aliphatic heterocycles. The van der Waals surface area contributed by atoms with E-state index in [0.717, 1.165) is 49.0 Å². The van der Waals surface area contributed by atoms with Crippen LogP contribution in [0.5, 0.6) is 0 Å². The molecule has 0 bridgehead atoms. The predicted molar refractivity (Wildman–Crippen MR) is 91.8 cm³/mol. The Hall–Kier alpha value is -2.37. The van der Waals surface area contributed by atoms with Gasteiger partial charge in [0.2, 0.25) is 5.91 Å². The fraction of sp³-hybridized carbons (Fsp3) is 0.526. The van der Waals surface area contributed by atoms with Crippen molar-refractivity contribution in [2.45, 2.75) is 57.6 Å². The van der Waals surface area contributed by atoms with Crippen LogP contribution in [0.15, 0.2) is 24.5 Å². The first kappa shape index (κ1) is 16.1. The molecule has 0 unspecified atom stereocenters. The molecule has 1 amide bonds.